The van der Waals surface area contributed by atoms with E-state index >= 15 is 0 Å². The lowest BCUT2D eigenvalue weighted by molar-refractivity contribution is -0.341. The van der Waals surface area contributed by atoms with Gasteiger partial charge in [0.2, 0.25) is 0 Å². The topological polar surface area (TPSA) is 243 Å². The van der Waals surface area contributed by atoms with Crippen LogP contribution in [0.5, 0.6) is 0 Å². The average Bonchev–Trinajstić information content (AvgIpc) is 3.60. The molecule has 2 fully saturated rings. The summed E-state index contributed by atoms with van der Waals surface area (Å²) in [6.07, 6.45) is -12.4. The van der Waals surface area contributed by atoms with Gasteiger partial charge in [-0.15, -0.1) is 6.58 Å². The van der Waals surface area contributed by atoms with E-state index < -0.39 is 128 Å². The molecule has 2 aromatic carbocycles. The zero-order valence-corrected chi connectivity index (χ0v) is 33.5. The number of amides is 4. The van der Waals surface area contributed by atoms with E-state index in [2.05, 4.69) is 6.58 Å². The Morgan fingerprint density at radius 2 is 0.918 bits per heavy atom. The quantitative estimate of drug-likeness (QED) is 0.112. The van der Waals surface area contributed by atoms with Gasteiger partial charge in [0.15, 0.2) is 30.9 Å². The highest BCUT2D eigenvalue weighted by molar-refractivity contribution is 6.22. The van der Waals surface area contributed by atoms with E-state index in [1.807, 2.05) is 0 Å². The fourth-order valence-electron chi connectivity index (χ4n) is 7.67. The molecular weight excluding hydrogens is 808 g/mol. The lowest BCUT2D eigenvalue weighted by Gasteiger charge is -2.51. The Kier molecular flexibility index (Phi) is 13.4. The number of benzene rings is 2. The Morgan fingerprint density at radius 3 is 1.31 bits per heavy atom. The van der Waals surface area contributed by atoms with Gasteiger partial charge in [0.05, 0.1) is 28.9 Å². The lowest BCUT2D eigenvalue weighted by Crippen LogP contribution is -2.71. The van der Waals surface area contributed by atoms with Crippen molar-refractivity contribution >= 4 is 53.5 Å². The van der Waals surface area contributed by atoms with Crippen LogP contribution in [0.2, 0.25) is 0 Å². The van der Waals surface area contributed by atoms with E-state index in [-0.39, 0.29) is 28.9 Å². The number of esters is 5. The molecule has 2 saturated heterocycles. The molecule has 324 valence electrons. The summed E-state index contributed by atoms with van der Waals surface area (Å²) in [6, 6.07) is 8.15. The van der Waals surface area contributed by atoms with E-state index in [0.717, 1.165) is 39.5 Å². The van der Waals surface area contributed by atoms with Gasteiger partial charge in [-0.05, 0) is 24.3 Å². The summed E-state index contributed by atoms with van der Waals surface area (Å²) in [7, 11) is 0. The molecule has 0 spiro atoms. The van der Waals surface area contributed by atoms with Crippen molar-refractivity contribution < 1.29 is 85.8 Å². The summed E-state index contributed by atoms with van der Waals surface area (Å²) in [5, 5.41) is 0. The van der Waals surface area contributed by atoms with Crippen molar-refractivity contribution in [2.75, 3.05) is 19.8 Å². The number of imide groups is 2. The van der Waals surface area contributed by atoms with Gasteiger partial charge in [0.25, 0.3) is 23.6 Å². The van der Waals surface area contributed by atoms with Gasteiger partial charge in [-0.3, -0.25) is 53.0 Å². The predicted octanol–water partition coefficient (Wildman–Crippen LogP) is 1.27. The molecule has 4 heterocycles. The van der Waals surface area contributed by atoms with Crippen molar-refractivity contribution in [2.45, 2.75) is 95.9 Å². The Hall–Kier alpha value is -6.35. The van der Waals surface area contributed by atoms with Crippen LogP contribution in [0.1, 0.15) is 76.1 Å². The minimum absolute atomic E-state index is 0.00593. The van der Waals surface area contributed by atoms with Crippen molar-refractivity contribution in [3.63, 3.8) is 0 Å². The SMILES string of the molecule is C=CCO[C@@H]1O[C@H](COC(C)=O)[C@@H](O[C@@H]2O[C@H](COC(C)=O)[C@@H](OC(C)=O)[C@@H](OC(C)=O)[C@H]2N2C(=O)c3ccccc3C2=O)[C@@H](OC(C)=O)[C@H]1N1C(=O)c2ccccc2C1=O. The third kappa shape index (κ3) is 9.07. The maximum Gasteiger partial charge on any atom is 0.303 e. The minimum Gasteiger partial charge on any atom is -0.463 e. The molecule has 20 nitrogen and oxygen atoms in total. The maximum absolute atomic E-state index is 14.2. The van der Waals surface area contributed by atoms with Gasteiger partial charge in [0, 0.05) is 34.6 Å². The van der Waals surface area contributed by atoms with Crippen LogP contribution in [0.3, 0.4) is 0 Å². The molecule has 0 aromatic heterocycles. The van der Waals surface area contributed by atoms with Gasteiger partial charge < -0.3 is 42.6 Å². The molecular formula is C41H42N2O18. The molecule has 61 heavy (non-hydrogen) atoms. The van der Waals surface area contributed by atoms with Crippen LogP contribution in [-0.4, -0.2) is 144 Å². The van der Waals surface area contributed by atoms with E-state index in [1.54, 1.807) is 0 Å². The fourth-order valence-corrected chi connectivity index (χ4v) is 7.67. The second kappa shape index (κ2) is 18.5. The maximum atomic E-state index is 14.2. The third-order valence-electron chi connectivity index (χ3n) is 9.95. The van der Waals surface area contributed by atoms with Gasteiger partial charge in [0.1, 0.15) is 43.6 Å². The Balaban J connectivity index is 1.54. The number of carbonyl (C=O) groups excluding carboxylic acids is 9. The van der Waals surface area contributed by atoms with E-state index in [0.29, 0.717) is 4.90 Å². The molecule has 6 rings (SSSR count). The van der Waals surface area contributed by atoms with E-state index in [1.165, 1.54) is 54.6 Å². The Labute approximate surface area is 347 Å². The van der Waals surface area contributed by atoms with Crippen LogP contribution in [0.25, 0.3) is 0 Å². The molecule has 4 aliphatic heterocycles. The second-order valence-electron chi connectivity index (χ2n) is 14.2. The van der Waals surface area contributed by atoms with Crippen LogP contribution in [0.4, 0.5) is 0 Å². The number of nitrogens with zero attached hydrogens (tertiary/aromatic N) is 2. The third-order valence-corrected chi connectivity index (χ3v) is 9.95. The number of fused-ring (bicyclic) bond motifs is 2. The molecule has 0 aliphatic carbocycles. The van der Waals surface area contributed by atoms with Crippen LogP contribution in [-0.2, 0) is 66.6 Å². The van der Waals surface area contributed by atoms with Crippen LogP contribution >= 0.6 is 0 Å². The van der Waals surface area contributed by atoms with Crippen LogP contribution < -0.4 is 0 Å². The Bertz CT molecular complexity index is 2070. The van der Waals surface area contributed by atoms with Crippen molar-refractivity contribution in [2.24, 2.45) is 0 Å². The molecule has 4 aliphatic rings. The molecule has 0 radical (unpaired) electrons. The zero-order chi connectivity index (χ0) is 44.3. The predicted molar refractivity (Wildman–Crippen MR) is 200 cm³/mol. The number of hydrogen-bond acceptors (Lipinski definition) is 18. The minimum atomic E-state index is -2.00. The van der Waals surface area contributed by atoms with Crippen LogP contribution in [0, 0.1) is 0 Å². The number of carbonyl (C=O) groups is 9. The van der Waals surface area contributed by atoms with Crippen molar-refractivity contribution in [3.05, 3.63) is 83.4 Å². The summed E-state index contributed by atoms with van der Waals surface area (Å²) < 4.78 is 53.0. The summed E-state index contributed by atoms with van der Waals surface area (Å²) in [6.45, 7) is 7.34. The summed E-state index contributed by atoms with van der Waals surface area (Å²) >= 11 is 0. The summed E-state index contributed by atoms with van der Waals surface area (Å²) in [4.78, 5) is 121. The molecule has 2 aromatic rings. The first-order chi connectivity index (χ1) is 29.0. The normalized spacial score (nSPS) is 28.1. The number of hydrogen-bond donors (Lipinski definition) is 0. The molecule has 20 heteroatoms. The van der Waals surface area contributed by atoms with Gasteiger partial charge in [-0.2, -0.15) is 0 Å². The highest BCUT2D eigenvalue weighted by Gasteiger charge is 2.61. The zero-order valence-electron chi connectivity index (χ0n) is 33.5. The van der Waals surface area contributed by atoms with E-state index in [4.69, 9.17) is 42.6 Å². The lowest BCUT2D eigenvalue weighted by atomic mass is 9.92. The average molecular weight is 851 g/mol. The summed E-state index contributed by atoms with van der Waals surface area (Å²) in [5.74, 6) is -7.93. The molecule has 4 amide bonds. The fraction of sp³-hybridized carbons (Fsp3) is 0.439. The highest BCUT2D eigenvalue weighted by Crippen LogP contribution is 2.40. The highest BCUT2D eigenvalue weighted by atomic mass is 16.7. The van der Waals surface area contributed by atoms with Gasteiger partial charge in [-0.1, -0.05) is 30.3 Å². The summed E-state index contributed by atoms with van der Waals surface area (Å²) in [5.41, 5.74) is -0.102. The van der Waals surface area contributed by atoms with Crippen LogP contribution in [0.15, 0.2) is 61.2 Å². The first-order valence-electron chi connectivity index (χ1n) is 18.9. The number of rotatable bonds is 14. The first kappa shape index (κ1) is 44.2. The molecule has 10 atom stereocenters. The van der Waals surface area contributed by atoms with E-state index in [9.17, 15) is 43.2 Å². The second-order valence-corrected chi connectivity index (χ2v) is 14.2. The molecule has 0 unspecified atom stereocenters. The van der Waals surface area contributed by atoms with Crippen molar-refractivity contribution in [3.8, 4) is 0 Å². The standard InChI is InChI=1S/C41H42N2O18/c1-7-16-53-40-30(42-36(49)24-12-8-9-13-25(24)37(42)50)34(57-22(5)47)33(29(59-40)18-55-20(3)45)61-41-31(43-38(51)26-14-10-11-15-27(26)39(43)52)35(58-23(6)48)32(56-21(4)46)28(60-41)17-54-19(2)44/h7-15,28-35,40-41H,1,16-18H2,2-6H3/t28-,29-,30-,31-,32-,33-,34+,35+,40-,41+/m1/s1. The molecule has 0 N–H and O–H groups in total. The van der Waals surface area contributed by atoms with Crippen molar-refractivity contribution in [1.29, 1.82) is 0 Å². The van der Waals surface area contributed by atoms with Crippen molar-refractivity contribution in [1.82, 2.24) is 9.80 Å². The monoisotopic (exact) mass is 850 g/mol. The molecule has 0 saturated carbocycles. The largest absolute Gasteiger partial charge is 0.463 e. The Morgan fingerprint density at radius 1 is 0.557 bits per heavy atom. The van der Waals surface area contributed by atoms with Gasteiger partial charge in [-0.25, -0.2) is 0 Å². The molecule has 0 bridgehead atoms. The smallest absolute Gasteiger partial charge is 0.303 e. The number of ether oxygens (including phenoxy) is 9. The van der Waals surface area contributed by atoms with Gasteiger partial charge >= 0.3 is 29.8 Å². The first-order valence-corrected chi connectivity index (χ1v) is 18.9.